The number of nitrogens with zero attached hydrogens (tertiary/aromatic N) is 4. The van der Waals surface area contributed by atoms with E-state index in [0.717, 1.165) is 48.1 Å². The van der Waals surface area contributed by atoms with Gasteiger partial charge in [-0.15, -0.1) is 5.10 Å². The molecule has 418 valence electrons. The van der Waals surface area contributed by atoms with E-state index in [2.05, 4.69) is 20.9 Å². The van der Waals surface area contributed by atoms with Crippen molar-refractivity contribution in [3.8, 4) is 39.6 Å². The quantitative estimate of drug-likeness (QED) is 0.0224. The average molecular weight is 1120 g/mol. The highest BCUT2D eigenvalue weighted by Crippen LogP contribution is 2.43. The molecule has 2 aromatic heterocycles. The molecule has 3 amide bonds. The minimum absolute atomic E-state index is 0.0145. The molecule has 1 aliphatic rings. The van der Waals surface area contributed by atoms with Crippen molar-refractivity contribution in [1.29, 1.82) is 0 Å². The summed E-state index contributed by atoms with van der Waals surface area (Å²) in [7, 11) is 1.32. The van der Waals surface area contributed by atoms with E-state index in [0.29, 0.717) is 108 Å². The molecule has 0 aliphatic carbocycles. The van der Waals surface area contributed by atoms with Crippen molar-refractivity contribution >= 4 is 52.9 Å². The summed E-state index contributed by atoms with van der Waals surface area (Å²) in [5.74, 6) is -0.740. The first-order chi connectivity index (χ1) is 38.0. The fourth-order valence-corrected chi connectivity index (χ4v) is 9.14. The summed E-state index contributed by atoms with van der Waals surface area (Å²) in [6.45, 7) is 1.95. The van der Waals surface area contributed by atoms with Gasteiger partial charge in [0, 0.05) is 66.9 Å². The van der Waals surface area contributed by atoms with Crippen molar-refractivity contribution in [2.24, 2.45) is 0 Å². The van der Waals surface area contributed by atoms with Crippen LogP contribution in [0.4, 0.5) is 5.69 Å². The van der Waals surface area contributed by atoms with Gasteiger partial charge in [0.2, 0.25) is 11.8 Å². The highest BCUT2D eigenvalue weighted by Gasteiger charge is 2.29. The topological polar surface area (TPSA) is 265 Å². The van der Waals surface area contributed by atoms with Crippen LogP contribution in [0, 0.1) is 0 Å². The minimum atomic E-state index is -3.14. The molecule has 0 saturated carbocycles. The zero-order valence-electron chi connectivity index (χ0n) is 43.6. The zero-order chi connectivity index (χ0) is 55.1. The number of rotatable bonds is 33. The van der Waals surface area contributed by atoms with Gasteiger partial charge in [-0.05, 0) is 54.5 Å². The van der Waals surface area contributed by atoms with Gasteiger partial charge in [0.25, 0.3) is 5.91 Å². The molecule has 5 N–H and O–H groups in total. The molecule has 0 fully saturated rings. The number of aromatic nitrogens is 3. The monoisotopic (exact) mass is 1110 g/mol. The van der Waals surface area contributed by atoms with Gasteiger partial charge in [-0.3, -0.25) is 19.2 Å². The molecule has 0 spiro atoms. The van der Waals surface area contributed by atoms with Crippen LogP contribution in [0.25, 0.3) is 44.8 Å². The van der Waals surface area contributed by atoms with Crippen molar-refractivity contribution in [2.45, 2.75) is 58.2 Å². The van der Waals surface area contributed by atoms with Crippen molar-refractivity contribution < 1.29 is 66.6 Å². The molecular formula is C55H67N6O15PS. The first-order valence-electron chi connectivity index (χ1n) is 25.9. The highest BCUT2D eigenvalue weighted by atomic mass is 32.5. The lowest BCUT2D eigenvalue weighted by Gasteiger charge is -2.28. The van der Waals surface area contributed by atoms with Crippen LogP contribution in [0.2, 0.25) is 0 Å². The number of hydrogen-bond acceptors (Lipinski definition) is 17. The Bertz CT molecular complexity index is 3030. The Kier molecular flexibility index (Phi) is 23.4. The Morgan fingerprint density at radius 3 is 2.10 bits per heavy atom. The highest BCUT2D eigenvalue weighted by molar-refractivity contribution is 8.07. The molecule has 3 heterocycles. The van der Waals surface area contributed by atoms with Crippen LogP contribution in [0.15, 0.2) is 100 Å². The molecule has 4 aromatic carbocycles. The number of aliphatic hydroxyl groups excluding tert-OH is 1. The number of amides is 3. The summed E-state index contributed by atoms with van der Waals surface area (Å²) in [6.07, 6.45) is 3.30. The van der Waals surface area contributed by atoms with E-state index >= 15 is 0 Å². The van der Waals surface area contributed by atoms with E-state index in [1.54, 1.807) is 29.2 Å². The summed E-state index contributed by atoms with van der Waals surface area (Å²) in [6, 6.07) is 26.3. The van der Waals surface area contributed by atoms with Crippen LogP contribution in [-0.2, 0) is 73.8 Å². The van der Waals surface area contributed by atoms with E-state index in [1.165, 1.54) is 25.3 Å². The lowest BCUT2D eigenvalue weighted by Crippen LogP contribution is -2.33. The maximum Gasteiger partial charge on any atom is 0.324 e. The second kappa shape index (κ2) is 30.8. The summed E-state index contributed by atoms with van der Waals surface area (Å²) in [4.78, 5) is 63.4. The standard InChI is InChI=1S/C55H67N6O15PS/c1-69-77(68,78)75-25-9-3-2-8-22-56-49(64)20-21-50(65)60-37-41-10-4-5-11-43(41)52-51(44-12-6-7-13-46(44)60)58-59-61(52)24-27-71-29-31-73-33-35-74-34-32-72-30-28-70-26-23-57-55(67)40-16-14-39(15-17-40)48-36-47(63)45-19-18-42(38-62)53(66)54(45)76-48/h4-7,10-19,36,62,66H,2-3,8-9,20-35,37-38H2,1H3,(H,56,64)(H,57,67)(H,68,78). The van der Waals surface area contributed by atoms with Gasteiger partial charge < -0.3 is 67.8 Å². The average Bonchev–Trinajstić information content (AvgIpc) is 3.89. The summed E-state index contributed by atoms with van der Waals surface area (Å²) in [5, 5.41) is 35.0. The van der Waals surface area contributed by atoms with E-state index in [4.69, 9.17) is 49.0 Å². The summed E-state index contributed by atoms with van der Waals surface area (Å²) in [5.41, 5.74) is 5.56. The number of anilines is 1. The number of ether oxygens (including phenoxy) is 5. The Hall–Kier alpha value is -6.27. The Morgan fingerprint density at radius 1 is 0.744 bits per heavy atom. The first-order valence-corrected chi connectivity index (χ1v) is 28.4. The third kappa shape index (κ3) is 17.1. The number of aromatic hydroxyl groups is 1. The Labute approximate surface area is 456 Å². The number of nitrogens with one attached hydrogen (secondary N) is 2. The van der Waals surface area contributed by atoms with Gasteiger partial charge in [-0.25, -0.2) is 4.68 Å². The number of carbonyl (C=O) groups excluding carboxylic acids is 3. The number of benzene rings is 4. The molecule has 0 bridgehead atoms. The maximum atomic E-state index is 13.9. The third-order valence-corrected chi connectivity index (χ3v) is 14.3. The molecule has 6 aromatic rings. The van der Waals surface area contributed by atoms with E-state index in [-0.39, 0.29) is 77.2 Å². The fraction of sp³-hybridized carbons (Fsp3) is 0.418. The molecule has 0 radical (unpaired) electrons. The smallest absolute Gasteiger partial charge is 0.324 e. The van der Waals surface area contributed by atoms with E-state index < -0.39 is 13.3 Å². The first kappa shape index (κ1) is 59.4. The van der Waals surface area contributed by atoms with Gasteiger partial charge >= 0.3 is 6.72 Å². The predicted molar refractivity (Wildman–Crippen MR) is 294 cm³/mol. The summed E-state index contributed by atoms with van der Waals surface area (Å²) < 4.78 is 46.0. The maximum absolute atomic E-state index is 13.9. The number of phenols is 1. The van der Waals surface area contributed by atoms with Gasteiger partial charge in [-0.1, -0.05) is 78.7 Å². The molecule has 21 nitrogen and oxygen atoms in total. The van der Waals surface area contributed by atoms with Gasteiger partial charge in [-0.2, -0.15) is 0 Å². The summed E-state index contributed by atoms with van der Waals surface area (Å²) >= 11 is 4.83. The van der Waals surface area contributed by atoms with Crippen molar-refractivity contribution in [1.82, 2.24) is 25.6 Å². The van der Waals surface area contributed by atoms with Crippen molar-refractivity contribution in [2.75, 3.05) is 97.8 Å². The Morgan fingerprint density at radius 2 is 1.40 bits per heavy atom. The van der Waals surface area contributed by atoms with Gasteiger partial charge in [0.1, 0.15) is 11.5 Å². The number of fused-ring (bicyclic) bond motifs is 6. The van der Waals surface area contributed by atoms with E-state index in [1.807, 2.05) is 53.2 Å². The molecule has 7 rings (SSSR count). The lowest BCUT2D eigenvalue weighted by atomic mass is 9.95. The second-order valence-electron chi connectivity index (χ2n) is 17.9. The van der Waals surface area contributed by atoms with Crippen LogP contribution in [0.5, 0.6) is 5.75 Å². The second-order valence-corrected chi connectivity index (χ2v) is 20.8. The third-order valence-electron chi connectivity index (χ3n) is 12.6. The number of aliphatic hydroxyl groups is 1. The van der Waals surface area contributed by atoms with Gasteiger partial charge in [0.05, 0.1) is 109 Å². The molecule has 1 aliphatic heterocycles. The van der Waals surface area contributed by atoms with Crippen LogP contribution in [0.3, 0.4) is 0 Å². The van der Waals surface area contributed by atoms with E-state index in [9.17, 15) is 34.3 Å². The lowest BCUT2D eigenvalue weighted by molar-refractivity contribution is -0.125. The number of carbonyl (C=O) groups is 3. The molecule has 23 heteroatoms. The van der Waals surface area contributed by atoms with Gasteiger partial charge in [0.15, 0.2) is 16.8 Å². The van der Waals surface area contributed by atoms with Crippen LogP contribution in [-0.4, -0.2) is 141 Å². The van der Waals surface area contributed by atoms with Crippen LogP contribution < -0.4 is 21.0 Å². The van der Waals surface area contributed by atoms with Crippen molar-refractivity contribution in [3.05, 3.63) is 118 Å². The molecule has 78 heavy (non-hydrogen) atoms. The normalized spacial score (nSPS) is 12.8. The number of hydrogen-bond donors (Lipinski definition) is 5. The van der Waals surface area contributed by atoms with Crippen LogP contribution in [0.1, 0.15) is 60.0 Å². The molecular weight excluding hydrogens is 1050 g/mol. The SMILES string of the molecule is COP(O)(=S)OCCCCCCNC(=O)CCC(=O)N1Cc2ccccc2-c2c(nnn2CCOCCOCCOCCOCCOCCNC(=O)c2ccc(-c3cc(=O)c4ccc(CO)c(O)c4o3)cc2)-c2ccccc21. The number of para-hydroxylation sites is 1. The minimum Gasteiger partial charge on any atom is -0.504 e. The van der Waals surface area contributed by atoms with Crippen molar-refractivity contribution in [3.63, 3.8) is 0 Å². The van der Waals surface area contributed by atoms with Crippen LogP contribution >= 0.6 is 6.72 Å². The number of unbranched alkanes of at least 4 members (excludes halogenated alkanes) is 3. The molecule has 1 unspecified atom stereocenters. The fourth-order valence-electron chi connectivity index (χ4n) is 8.45. The molecule has 1 atom stereocenters. The Balaban J connectivity index is 0.728. The molecule has 0 saturated heterocycles. The predicted octanol–water partition coefficient (Wildman–Crippen LogP) is 6.28. The zero-order valence-corrected chi connectivity index (χ0v) is 45.3. The largest absolute Gasteiger partial charge is 0.504 e.